The number of carbonyl (C=O) groups is 1. The zero-order valence-electron chi connectivity index (χ0n) is 20.2. The second-order valence-electron chi connectivity index (χ2n) is 9.10. The van der Waals surface area contributed by atoms with Gasteiger partial charge in [0.25, 0.3) is 0 Å². The maximum Gasteiger partial charge on any atom is 0.306 e. The molecule has 35 heavy (non-hydrogen) atoms. The average molecular weight is 513 g/mol. The van der Waals surface area contributed by atoms with Crippen molar-refractivity contribution in [2.24, 2.45) is 11.8 Å². The monoisotopic (exact) mass is 512 g/mol. The highest BCUT2D eigenvalue weighted by atomic mass is 32.1. The highest BCUT2D eigenvalue weighted by Crippen LogP contribution is 2.36. The van der Waals surface area contributed by atoms with Crippen LogP contribution in [0.5, 0.6) is 0 Å². The first-order valence-electron chi connectivity index (χ1n) is 12.0. The summed E-state index contributed by atoms with van der Waals surface area (Å²) < 4.78 is 0. The van der Waals surface area contributed by atoms with Crippen molar-refractivity contribution in [2.75, 3.05) is 6.61 Å². The Hall–Kier alpha value is -2.61. The van der Waals surface area contributed by atoms with Gasteiger partial charge in [-0.05, 0) is 56.6 Å². The Balaban J connectivity index is 1.88. The summed E-state index contributed by atoms with van der Waals surface area (Å²) >= 11 is 3.14. The molecule has 0 aliphatic heterocycles. The Morgan fingerprint density at radius 3 is 1.77 bits per heavy atom. The van der Waals surface area contributed by atoms with Gasteiger partial charge in [0.1, 0.15) is 0 Å². The van der Waals surface area contributed by atoms with Crippen LogP contribution >= 0.6 is 22.7 Å². The highest BCUT2D eigenvalue weighted by Gasteiger charge is 2.14. The van der Waals surface area contributed by atoms with Gasteiger partial charge in [-0.2, -0.15) is 0 Å². The van der Waals surface area contributed by atoms with Crippen molar-refractivity contribution in [1.82, 2.24) is 0 Å². The standard InChI is InChI=1S/C28H32O5S2/c1-18(17-29)7-5-9-22-13-20(30)15-26(34-22)24-11-3-4-12-25(24)27-16-21(31)14-23(35-27)10-6-8-19(2)28(32)33/h3-4,11-16,18-19,29H,5-10,17H2,1-2H3,(H,32,33). The zero-order valence-corrected chi connectivity index (χ0v) is 21.8. The summed E-state index contributed by atoms with van der Waals surface area (Å²) in [5.41, 5.74) is 1.73. The predicted molar refractivity (Wildman–Crippen MR) is 145 cm³/mol. The number of aryl methyl sites for hydroxylation is 2. The predicted octanol–water partition coefficient (Wildman–Crippen LogP) is 5.86. The largest absolute Gasteiger partial charge is 0.481 e. The van der Waals surface area contributed by atoms with Gasteiger partial charge in [0.2, 0.25) is 0 Å². The van der Waals surface area contributed by atoms with Gasteiger partial charge in [-0.15, -0.1) is 22.7 Å². The van der Waals surface area contributed by atoms with E-state index in [1.807, 2.05) is 31.2 Å². The van der Waals surface area contributed by atoms with E-state index in [1.165, 1.54) is 0 Å². The first-order chi connectivity index (χ1) is 16.8. The third kappa shape index (κ3) is 7.95. The molecule has 3 rings (SSSR count). The lowest BCUT2D eigenvalue weighted by Crippen LogP contribution is -2.09. The first kappa shape index (κ1) is 27.0. The van der Waals surface area contributed by atoms with Crippen molar-refractivity contribution in [3.8, 4) is 20.9 Å². The minimum atomic E-state index is -0.801. The van der Waals surface area contributed by atoms with Crippen molar-refractivity contribution in [1.29, 1.82) is 0 Å². The van der Waals surface area contributed by atoms with E-state index in [-0.39, 0.29) is 23.4 Å². The maximum absolute atomic E-state index is 12.5. The van der Waals surface area contributed by atoms with Crippen LogP contribution in [0.2, 0.25) is 0 Å². The summed E-state index contributed by atoms with van der Waals surface area (Å²) in [5, 5.41) is 18.3. The molecule has 0 aliphatic carbocycles. The summed E-state index contributed by atoms with van der Waals surface area (Å²) in [4.78, 5) is 39.7. The first-order valence-corrected chi connectivity index (χ1v) is 13.6. The van der Waals surface area contributed by atoms with Gasteiger partial charge in [0.15, 0.2) is 10.9 Å². The van der Waals surface area contributed by atoms with E-state index in [2.05, 4.69) is 0 Å². The molecular weight excluding hydrogens is 480 g/mol. The Bertz CT molecular complexity index is 1260. The van der Waals surface area contributed by atoms with E-state index >= 15 is 0 Å². The van der Waals surface area contributed by atoms with Crippen LogP contribution in [-0.2, 0) is 17.6 Å². The molecule has 7 heteroatoms. The summed E-state index contributed by atoms with van der Waals surface area (Å²) in [6.45, 7) is 3.88. The van der Waals surface area contributed by atoms with Gasteiger partial charge in [0.05, 0.1) is 5.92 Å². The number of hydrogen-bond acceptors (Lipinski definition) is 6. The molecule has 0 bridgehead atoms. The number of aliphatic hydroxyl groups excluding tert-OH is 1. The van der Waals surface area contributed by atoms with E-state index < -0.39 is 11.9 Å². The second kappa shape index (κ2) is 12.9. The van der Waals surface area contributed by atoms with Gasteiger partial charge in [-0.25, -0.2) is 0 Å². The lowest BCUT2D eigenvalue weighted by molar-refractivity contribution is -0.141. The lowest BCUT2D eigenvalue weighted by atomic mass is 10.0. The van der Waals surface area contributed by atoms with Gasteiger partial charge >= 0.3 is 5.97 Å². The molecule has 5 nitrogen and oxygen atoms in total. The Morgan fingerprint density at radius 1 is 0.829 bits per heavy atom. The number of carboxylic acid groups (broad SMARTS) is 1. The van der Waals surface area contributed by atoms with Crippen LogP contribution in [0.4, 0.5) is 0 Å². The molecule has 2 unspecified atom stereocenters. The number of carboxylic acids is 1. The molecule has 0 fully saturated rings. The highest BCUT2D eigenvalue weighted by molar-refractivity contribution is 7.16. The van der Waals surface area contributed by atoms with Crippen molar-refractivity contribution >= 4 is 28.6 Å². The van der Waals surface area contributed by atoms with Gasteiger partial charge in [0, 0.05) is 49.4 Å². The summed E-state index contributed by atoms with van der Waals surface area (Å²) in [7, 11) is 0. The van der Waals surface area contributed by atoms with E-state index in [0.29, 0.717) is 19.3 Å². The molecule has 0 saturated carbocycles. The van der Waals surface area contributed by atoms with E-state index in [1.54, 1.807) is 53.9 Å². The minimum absolute atomic E-state index is 0.0340. The molecule has 1 aromatic carbocycles. The van der Waals surface area contributed by atoms with Crippen LogP contribution in [-0.4, -0.2) is 22.8 Å². The van der Waals surface area contributed by atoms with Crippen LogP contribution in [0.3, 0.4) is 0 Å². The molecule has 2 atom stereocenters. The third-order valence-electron chi connectivity index (χ3n) is 6.01. The van der Waals surface area contributed by atoms with Gasteiger partial charge < -0.3 is 10.2 Å². The topological polar surface area (TPSA) is 91.7 Å². The van der Waals surface area contributed by atoms with Crippen LogP contribution in [0.15, 0.2) is 58.1 Å². The number of hydrogen-bond donors (Lipinski definition) is 2. The number of benzene rings is 1. The summed E-state index contributed by atoms with van der Waals surface area (Å²) in [6, 6.07) is 14.4. The van der Waals surface area contributed by atoms with Crippen molar-refractivity contribution in [3.05, 3.63) is 78.7 Å². The van der Waals surface area contributed by atoms with Crippen LogP contribution < -0.4 is 10.9 Å². The van der Waals surface area contributed by atoms with E-state index in [9.17, 15) is 19.5 Å². The quantitative estimate of drug-likeness (QED) is 0.317. The SMILES string of the molecule is CC(CO)CCCc1cc(=O)cc(-c2ccccc2-c2cc(=O)cc(CCCC(C)C(=O)O)s2)s1. The second-order valence-corrected chi connectivity index (χ2v) is 11.4. The Morgan fingerprint density at radius 2 is 1.31 bits per heavy atom. The van der Waals surface area contributed by atoms with Crippen LogP contribution in [0, 0.1) is 11.8 Å². The van der Waals surface area contributed by atoms with Crippen molar-refractivity contribution < 1.29 is 15.0 Å². The number of rotatable bonds is 12. The molecule has 2 aromatic heterocycles. The van der Waals surface area contributed by atoms with Crippen molar-refractivity contribution in [3.63, 3.8) is 0 Å². The Labute approximate surface area is 213 Å². The van der Waals surface area contributed by atoms with Gasteiger partial charge in [-0.3, -0.25) is 14.4 Å². The Kier molecular flexibility index (Phi) is 9.95. The van der Waals surface area contributed by atoms with E-state index in [4.69, 9.17) is 5.11 Å². The average Bonchev–Trinajstić information content (AvgIpc) is 2.83. The molecule has 2 heterocycles. The normalized spacial score (nSPS) is 12.9. The summed E-state index contributed by atoms with van der Waals surface area (Å²) in [5.74, 6) is -0.958. The molecule has 0 saturated heterocycles. The fourth-order valence-electron chi connectivity index (χ4n) is 3.91. The van der Waals surface area contributed by atoms with Crippen molar-refractivity contribution in [2.45, 2.75) is 52.4 Å². The van der Waals surface area contributed by atoms with E-state index in [0.717, 1.165) is 49.9 Å². The maximum atomic E-state index is 12.5. The molecule has 0 aliphatic rings. The molecular formula is C28H32O5S2. The third-order valence-corrected chi connectivity index (χ3v) is 8.29. The zero-order chi connectivity index (χ0) is 25.4. The van der Waals surface area contributed by atoms with Gasteiger partial charge in [-0.1, -0.05) is 38.1 Å². The minimum Gasteiger partial charge on any atom is -0.481 e. The van der Waals surface area contributed by atoms with Crippen LogP contribution in [0.1, 0.15) is 49.3 Å². The number of aliphatic hydroxyl groups is 1. The molecule has 0 amide bonds. The molecule has 0 radical (unpaired) electrons. The summed E-state index contributed by atoms with van der Waals surface area (Å²) in [6.07, 6.45) is 4.53. The number of aliphatic carboxylic acids is 1. The fraction of sp³-hybridized carbons (Fsp3) is 0.393. The fourth-order valence-corrected chi connectivity index (χ4v) is 6.24. The van der Waals surface area contributed by atoms with Crippen LogP contribution in [0.25, 0.3) is 20.9 Å². The smallest absolute Gasteiger partial charge is 0.306 e. The molecule has 3 aromatic rings. The molecule has 186 valence electrons. The molecule has 2 N–H and O–H groups in total. The lowest BCUT2D eigenvalue weighted by Gasteiger charge is -2.12. The molecule has 0 spiro atoms.